The Balaban J connectivity index is 2.28. The summed E-state index contributed by atoms with van der Waals surface area (Å²) >= 11 is 0. The zero-order chi connectivity index (χ0) is 14.0. The molecule has 1 fully saturated rings. The van der Waals surface area contributed by atoms with Crippen LogP contribution in [-0.4, -0.2) is 42.4 Å². The number of hydrogen-bond acceptors (Lipinski definition) is 6. The average molecular weight is 265 g/mol. The van der Waals surface area contributed by atoms with Gasteiger partial charge in [0.25, 0.3) is 0 Å². The van der Waals surface area contributed by atoms with Gasteiger partial charge in [-0.3, -0.25) is 0 Å². The summed E-state index contributed by atoms with van der Waals surface area (Å²) < 4.78 is 4.68. The van der Waals surface area contributed by atoms with Crippen LogP contribution < -0.4 is 10.6 Å². The van der Waals surface area contributed by atoms with E-state index in [0.717, 1.165) is 13.0 Å². The third-order valence-corrected chi connectivity index (χ3v) is 3.59. The SMILES string of the molecule is COC(=O)c1ccnc(N2CCC(C)C(O)C2)c1N. The number of aromatic nitrogens is 1. The number of aliphatic hydroxyl groups is 1. The van der Waals surface area contributed by atoms with Gasteiger partial charge >= 0.3 is 5.97 Å². The number of aliphatic hydroxyl groups excluding tert-OH is 1. The number of piperidine rings is 1. The molecule has 0 radical (unpaired) electrons. The molecule has 104 valence electrons. The highest BCUT2D eigenvalue weighted by molar-refractivity contribution is 5.97. The minimum absolute atomic E-state index is 0.265. The second-order valence-electron chi connectivity index (χ2n) is 4.87. The molecule has 2 rings (SSSR count). The van der Waals surface area contributed by atoms with Gasteiger partial charge in [-0.25, -0.2) is 9.78 Å². The van der Waals surface area contributed by atoms with Crippen LogP contribution in [0.1, 0.15) is 23.7 Å². The maximum Gasteiger partial charge on any atom is 0.340 e. The molecule has 1 aliphatic heterocycles. The van der Waals surface area contributed by atoms with Crippen LogP contribution in [0.4, 0.5) is 11.5 Å². The lowest BCUT2D eigenvalue weighted by Gasteiger charge is -2.35. The number of pyridine rings is 1. The fourth-order valence-electron chi connectivity index (χ4n) is 2.24. The number of hydrogen-bond donors (Lipinski definition) is 2. The number of nitrogens with zero attached hydrogens (tertiary/aromatic N) is 2. The van der Waals surface area contributed by atoms with Crippen LogP contribution in [0.5, 0.6) is 0 Å². The van der Waals surface area contributed by atoms with Gasteiger partial charge in [0.1, 0.15) is 0 Å². The molecule has 0 bridgehead atoms. The molecule has 2 atom stereocenters. The Morgan fingerprint density at radius 2 is 2.37 bits per heavy atom. The number of carbonyl (C=O) groups is 1. The van der Waals surface area contributed by atoms with Crippen LogP contribution >= 0.6 is 0 Å². The van der Waals surface area contributed by atoms with E-state index in [4.69, 9.17) is 5.73 Å². The van der Waals surface area contributed by atoms with Gasteiger partial charge in [-0.2, -0.15) is 0 Å². The predicted molar refractivity (Wildman–Crippen MR) is 72.0 cm³/mol. The van der Waals surface area contributed by atoms with E-state index in [9.17, 15) is 9.90 Å². The number of methoxy groups -OCH3 is 1. The van der Waals surface area contributed by atoms with Crippen molar-refractivity contribution in [3.63, 3.8) is 0 Å². The molecule has 0 aromatic carbocycles. The van der Waals surface area contributed by atoms with Gasteiger partial charge in [0.15, 0.2) is 5.82 Å². The maximum absolute atomic E-state index is 11.6. The van der Waals surface area contributed by atoms with Crippen molar-refractivity contribution in [1.29, 1.82) is 0 Å². The molecule has 1 aromatic rings. The maximum atomic E-state index is 11.6. The number of ether oxygens (including phenoxy) is 1. The Labute approximate surface area is 112 Å². The molecule has 2 heterocycles. The van der Waals surface area contributed by atoms with E-state index < -0.39 is 12.1 Å². The molecule has 1 aromatic heterocycles. The summed E-state index contributed by atoms with van der Waals surface area (Å²) in [4.78, 5) is 17.7. The van der Waals surface area contributed by atoms with E-state index in [2.05, 4.69) is 9.72 Å². The highest BCUT2D eigenvalue weighted by Crippen LogP contribution is 2.28. The van der Waals surface area contributed by atoms with Gasteiger partial charge in [-0.1, -0.05) is 6.92 Å². The molecule has 1 aliphatic rings. The van der Waals surface area contributed by atoms with E-state index in [0.29, 0.717) is 23.6 Å². The lowest BCUT2D eigenvalue weighted by Crippen LogP contribution is -2.43. The van der Waals surface area contributed by atoms with Crippen molar-refractivity contribution in [3.05, 3.63) is 17.8 Å². The van der Waals surface area contributed by atoms with E-state index >= 15 is 0 Å². The van der Waals surface area contributed by atoms with Crippen LogP contribution in [0.15, 0.2) is 12.3 Å². The quantitative estimate of drug-likeness (QED) is 0.764. The molecular formula is C13H19N3O3. The van der Waals surface area contributed by atoms with E-state index in [1.807, 2.05) is 11.8 Å². The highest BCUT2D eigenvalue weighted by atomic mass is 16.5. The summed E-state index contributed by atoms with van der Waals surface area (Å²) in [7, 11) is 1.31. The largest absolute Gasteiger partial charge is 0.465 e. The van der Waals surface area contributed by atoms with Crippen LogP contribution in [0.3, 0.4) is 0 Å². The standard InChI is InChI=1S/C13H19N3O3/c1-8-4-6-16(7-10(8)17)12-11(14)9(3-5-15-12)13(18)19-2/h3,5,8,10,17H,4,6-7,14H2,1-2H3. The lowest BCUT2D eigenvalue weighted by molar-refractivity contribution is 0.0602. The number of nitrogen functional groups attached to an aromatic ring is 1. The smallest absolute Gasteiger partial charge is 0.340 e. The summed E-state index contributed by atoms with van der Waals surface area (Å²) in [5.41, 5.74) is 6.59. The third kappa shape index (κ3) is 2.63. The number of β-amino-alcohol motifs (C(OH)–C–C–N with tert-alkyl or cyclic N) is 1. The fraction of sp³-hybridized carbons (Fsp3) is 0.538. The molecule has 0 aliphatic carbocycles. The first-order valence-electron chi connectivity index (χ1n) is 6.30. The Morgan fingerprint density at radius 1 is 1.63 bits per heavy atom. The summed E-state index contributed by atoms with van der Waals surface area (Å²) in [6.07, 6.45) is 1.99. The number of esters is 1. The van der Waals surface area contributed by atoms with E-state index in [-0.39, 0.29) is 5.92 Å². The Bertz CT molecular complexity index is 478. The summed E-state index contributed by atoms with van der Waals surface area (Å²) in [5, 5.41) is 9.92. The van der Waals surface area contributed by atoms with Gasteiger partial charge in [0, 0.05) is 19.3 Å². The second-order valence-corrected chi connectivity index (χ2v) is 4.87. The summed E-state index contributed by atoms with van der Waals surface area (Å²) in [5.74, 6) is 0.321. The van der Waals surface area contributed by atoms with Crippen molar-refractivity contribution in [2.45, 2.75) is 19.4 Å². The molecular weight excluding hydrogens is 246 g/mol. The van der Waals surface area contributed by atoms with Gasteiger partial charge < -0.3 is 20.5 Å². The van der Waals surface area contributed by atoms with Crippen LogP contribution in [0.25, 0.3) is 0 Å². The summed E-state index contributed by atoms with van der Waals surface area (Å²) in [6, 6.07) is 1.54. The van der Waals surface area contributed by atoms with Crippen molar-refractivity contribution in [2.75, 3.05) is 30.8 Å². The molecule has 0 saturated carbocycles. The summed E-state index contributed by atoms with van der Waals surface area (Å²) in [6.45, 7) is 3.26. The van der Waals surface area contributed by atoms with Crippen LogP contribution in [-0.2, 0) is 4.74 Å². The zero-order valence-corrected chi connectivity index (χ0v) is 11.2. The van der Waals surface area contributed by atoms with Gasteiger partial charge in [-0.15, -0.1) is 0 Å². The number of carbonyl (C=O) groups excluding carboxylic acids is 1. The minimum atomic E-state index is -0.480. The van der Waals surface area contributed by atoms with Crippen molar-refractivity contribution in [2.24, 2.45) is 5.92 Å². The van der Waals surface area contributed by atoms with Crippen molar-refractivity contribution >= 4 is 17.5 Å². The number of nitrogens with two attached hydrogens (primary N) is 1. The Hall–Kier alpha value is -1.82. The van der Waals surface area contributed by atoms with E-state index in [1.54, 1.807) is 0 Å². The molecule has 6 nitrogen and oxygen atoms in total. The molecule has 6 heteroatoms. The van der Waals surface area contributed by atoms with Crippen molar-refractivity contribution in [3.8, 4) is 0 Å². The van der Waals surface area contributed by atoms with Crippen LogP contribution in [0.2, 0.25) is 0 Å². The Morgan fingerprint density at radius 3 is 3.00 bits per heavy atom. The molecule has 0 spiro atoms. The van der Waals surface area contributed by atoms with Gasteiger partial charge in [-0.05, 0) is 18.4 Å². The first-order valence-corrected chi connectivity index (χ1v) is 6.30. The lowest BCUT2D eigenvalue weighted by atomic mass is 9.96. The van der Waals surface area contributed by atoms with Crippen molar-refractivity contribution < 1.29 is 14.6 Å². The molecule has 1 saturated heterocycles. The zero-order valence-electron chi connectivity index (χ0n) is 11.2. The van der Waals surface area contributed by atoms with Gasteiger partial charge in [0.05, 0.1) is 24.5 Å². The number of anilines is 2. The average Bonchev–Trinajstić information content (AvgIpc) is 2.41. The normalized spacial score (nSPS) is 23.2. The predicted octanol–water partition coefficient (Wildman–Crippen LogP) is 0.657. The topological polar surface area (TPSA) is 88.7 Å². The monoisotopic (exact) mass is 265 g/mol. The second kappa shape index (κ2) is 5.44. The minimum Gasteiger partial charge on any atom is -0.465 e. The number of rotatable bonds is 2. The van der Waals surface area contributed by atoms with Crippen LogP contribution in [0, 0.1) is 5.92 Å². The highest BCUT2D eigenvalue weighted by Gasteiger charge is 2.27. The third-order valence-electron chi connectivity index (χ3n) is 3.59. The molecule has 19 heavy (non-hydrogen) atoms. The Kier molecular flexibility index (Phi) is 3.90. The first kappa shape index (κ1) is 13.6. The first-order chi connectivity index (χ1) is 9.04. The molecule has 0 amide bonds. The fourth-order valence-corrected chi connectivity index (χ4v) is 2.24. The van der Waals surface area contributed by atoms with Crippen molar-refractivity contribution in [1.82, 2.24) is 4.98 Å². The van der Waals surface area contributed by atoms with E-state index in [1.165, 1.54) is 19.4 Å². The van der Waals surface area contributed by atoms with Gasteiger partial charge in [0.2, 0.25) is 0 Å². The molecule has 3 N–H and O–H groups in total. The molecule has 2 unspecified atom stereocenters.